The number of rotatable bonds is 7. The maximum absolute atomic E-state index is 13.9. The lowest BCUT2D eigenvalue weighted by Gasteiger charge is -2.23. The number of pyridine rings is 1. The van der Waals surface area contributed by atoms with Crippen molar-refractivity contribution in [3.8, 4) is 5.69 Å². The van der Waals surface area contributed by atoms with Gasteiger partial charge in [0.15, 0.2) is 0 Å². The second kappa shape index (κ2) is 10.6. The number of nitrogen functional groups attached to an aromatic ring is 1. The zero-order valence-corrected chi connectivity index (χ0v) is 21.6. The number of para-hydroxylation sites is 1. The maximum atomic E-state index is 13.9. The van der Waals surface area contributed by atoms with Gasteiger partial charge in [-0.25, -0.2) is 9.97 Å². The summed E-state index contributed by atoms with van der Waals surface area (Å²) in [4.78, 5) is 31.9. The van der Waals surface area contributed by atoms with Gasteiger partial charge >= 0.3 is 0 Å². The number of fused-ring (bicyclic) bond motifs is 1. The Hall–Kier alpha value is -4.85. The van der Waals surface area contributed by atoms with Gasteiger partial charge in [0, 0.05) is 18.0 Å². The Morgan fingerprint density at radius 3 is 2.45 bits per heavy atom. The topological polar surface area (TPSA) is 112 Å². The number of nitrogens with two attached hydrogens (primary N) is 1. The predicted molar refractivity (Wildman–Crippen MR) is 153 cm³/mol. The Bertz CT molecular complexity index is 1680. The van der Waals surface area contributed by atoms with Gasteiger partial charge in [0.2, 0.25) is 5.95 Å². The molecule has 0 fully saturated rings. The van der Waals surface area contributed by atoms with Crippen LogP contribution >= 0.6 is 0 Å². The minimum atomic E-state index is -0.338. The van der Waals surface area contributed by atoms with Crippen molar-refractivity contribution in [3.05, 3.63) is 112 Å². The van der Waals surface area contributed by atoms with Gasteiger partial charge < -0.3 is 11.1 Å². The van der Waals surface area contributed by atoms with Crippen molar-refractivity contribution in [2.45, 2.75) is 33.2 Å². The molecular weight excluding hydrogens is 474 g/mol. The van der Waals surface area contributed by atoms with Crippen LogP contribution in [0.5, 0.6) is 0 Å². The lowest BCUT2D eigenvalue weighted by molar-refractivity contribution is 0.658. The molecule has 5 aromatic rings. The van der Waals surface area contributed by atoms with Crippen molar-refractivity contribution in [1.82, 2.24) is 24.5 Å². The first kappa shape index (κ1) is 24.8. The van der Waals surface area contributed by atoms with Gasteiger partial charge in [-0.1, -0.05) is 43.3 Å². The van der Waals surface area contributed by atoms with E-state index >= 15 is 0 Å². The van der Waals surface area contributed by atoms with Gasteiger partial charge in [0.25, 0.3) is 5.56 Å². The number of benzene rings is 2. The predicted octanol–water partition coefficient (Wildman–Crippen LogP) is 5.50. The number of hydrogen-bond acceptors (Lipinski definition) is 7. The second-order valence-corrected chi connectivity index (χ2v) is 9.06. The monoisotopic (exact) mass is 503 g/mol. The molecule has 1 atom stereocenters. The number of aryl methyl sites for hydroxylation is 2. The molecular formula is C30H29N7O. The van der Waals surface area contributed by atoms with E-state index in [9.17, 15) is 4.79 Å². The highest BCUT2D eigenvalue weighted by atomic mass is 16.1. The van der Waals surface area contributed by atoms with Gasteiger partial charge in [-0.3, -0.25) is 14.3 Å². The van der Waals surface area contributed by atoms with Crippen LogP contribution in [-0.4, -0.2) is 24.5 Å². The molecule has 1 unspecified atom stereocenters. The maximum Gasteiger partial charge on any atom is 0.266 e. The molecule has 3 heterocycles. The minimum Gasteiger partial charge on any atom is -0.368 e. The largest absolute Gasteiger partial charge is 0.368 e. The molecule has 190 valence electrons. The molecule has 0 aliphatic heterocycles. The number of nitrogens with zero attached hydrogens (tertiary/aromatic N) is 5. The number of nitrogens with one attached hydrogen (secondary N) is 1. The Morgan fingerprint density at radius 2 is 1.71 bits per heavy atom. The van der Waals surface area contributed by atoms with E-state index in [0.29, 0.717) is 29.0 Å². The summed E-state index contributed by atoms with van der Waals surface area (Å²) >= 11 is 0. The molecule has 0 amide bonds. The summed E-state index contributed by atoms with van der Waals surface area (Å²) in [6, 6.07) is 18.8. The first-order chi connectivity index (χ1) is 18.5. The average Bonchev–Trinajstić information content (AvgIpc) is 2.92. The third kappa shape index (κ3) is 4.88. The zero-order valence-electron chi connectivity index (χ0n) is 21.6. The van der Waals surface area contributed by atoms with Gasteiger partial charge in [0.1, 0.15) is 11.6 Å². The van der Waals surface area contributed by atoms with Crippen LogP contribution in [-0.2, 0) is 0 Å². The lowest BCUT2D eigenvalue weighted by Crippen LogP contribution is -2.29. The van der Waals surface area contributed by atoms with Crippen molar-refractivity contribution in [1.29, 1.82) is 0 Å². The third-order valence-electron chi connectivity index (χ3n) is 6.48. The van der Waals surface area contributed by atoms with E-state index in [1.54, 1.807) is 17.0 Å². The Kier molecular flexibility index (Phi) is 6.95. The standard InChI is InChI=1S/C30H29N7O/c1-4-24(34-27-23(20(3)33-30(31)36-27)14-13-21-15-17-32-18-16-21)28-35-25-12-8-9-19(2)26(25)29(38)37(28)22-10-6-5-7-11-22/h5-18,24H,4H2,1-3H3,(H3,31,33,34,36). The molecule has 3 N–H and O–H groups in total. The van der Waals surface area contributed by atoms with Crippen LogP contribution in [0.4, 0.5) is 11.8 Å². The van der Waals surface area contributed by atoms with Gasteiger partial charge in [0.05, 0.1) is 28.3 Å². The number of anilines is 2. The first-order valence-corrected chi connectivity index (χ1v) is 12.5. The zero-order chi connectivity index (χ0) is 26.6. The van der Waals surface area contributed by atoms with Crippen molar-refractivity contribution in [2.24, 2.45) is 0 Å². The van der Waals surface area contributed by atoms with E-state index in [-0.39, 0.29) is 17.5 Å². The SMILES string of the molecule is CCC(Nc1nc(N)nc(C)c1C=Cc1ccncc1)c1nc2cccc(C)c2c(=O)n1-c1ccccc1. The van der Waals surface area contributed by atoms with E-state index in [0.717, 1.165) is 28.1 Å². The molecule has 8 heteroatoms. The molecule has 0 aliphatic rings. The lowest BCUT2D eigenvalue weighted by atomic mass is 10.1. The van der Waals surface area contributed by atoms with E-state index in [4.69, 9.17) is 10.7 Å². The molecule has 2 aromatic carbocycles. The highest BCUT2D eigenvalue weighted by Crippen LogP contribution is 2.28. The molecule has 8 nitrogen and oxygen atoms in total. The van der Waals surface area contributed by atoms with E-state index in [1.165, 1.54) is 0 Å². The fourth-order valence-corrected chi connectivity index (χ4v) is 4.55. The van der Waals surface area contributed by atoms with Crippen LogP contribution in [0.25, 0.3) is 28.7 Å². The molecule has 0 saturated carbocycles. The van der Waals surface area contributed by atoms with Crippen molar-refractivity contribution in [2.75, 3.05) is 11.1 Å². The second-order valence-electron chi connectivity index (χ2n) is 9.06. The highest BCUT2D eigenvalue weighted by Gasteiger charge is 2.22. The fraction of sp³-hybridized carbons (Fsp3) is 0.167. The molecule has 0 radical (unpaired) electrons. The Balaban J connectivity index is 1.66. The fourth-order valence-electron chi connectivity index (χ4n) is 4.55. The van der Waals surface area contributed by atoms with Crippen LogP contribution in [0.3, 0.4) is 0 Å². The molecule has 3 aromatic heterocycles. The van der Waals surface area contributed by atoms with E-state index < -0.39 is 0 Å². The van der Waals surface area contributed by atoms with Gasteiger partial charge in [-0.2, -0.15) is 4.98 Å². The number of hydrogen-bond donors (Lipinski definition) is 2. The van der Waals surface area contributed by atoms with Crippen LogP contribution in [0.2, 0.25) is 0 Å². The first-order valence-electron chi connectivity index (χ1n) is 12.5. The Morgan fingerprint density at radius 1 is 0.947 bits per heavy atom. The molecule has 0 aliphatic carbocycles. The van der Waals surface area contributed by atoms with E-state index in [1.807, 2.05) is 93.6 Å². The smallest absolute Gasteiger partial charge is 0.266 e. The van der Waals surface area contributed by atoms with Crippen molar-refractivity contribution >= 4 is 34.8 Å². The summed E-state index contributed by atoms with van der Waals surface area (Å²) in [5, 5.41) is 4.14. The molecule has 38 heavy (non-hydrogen) atoms. The van der Waals surface area contributed by atoms with Crippen LogP contribution in [0, 0.1) is 13.8 Å². The van der Waals surface area contributed by atoms with Crippen molar-refractivity contribution in [3.63, 3.8) is 0 Å². The minimum absolute atomic E-state index is 0.106. The summed E-state index contributed by atoms with van der Waals surface area (Å²) in [5.74, 6) is 1.34. The van der Waals surface area contributed by atoms with E-state index in [2.05, 4.69) is 20.3 Å². The molecule has 5 rings (SSSR count). The molecule has 0 bridgehead atoms. The Labute approximate surface area is 221 Å². The normalized spacial score (nSPS) is 12.2. The summed E-state index contributed by atoms with van der Waals surface area (Å²) in [7, 11) is 0. The summed E-state index contributed by atoms with van der Waals surface area (Å²) in [6.07, 6.45) is 8.07. The average molecular weight is 504 g/mol. The quantitative estimate of drug-likeness (QED) is 0.301. The summed E-state index contributed by atoms with van der Waals surface area (Å²) in [6.45, 7) is 5.88. The summed E-state index contributed by atoms with van der Waals surface area (Å²) in [5.41, 5.74) is 10.8. The molecule has 0 saturated heterocycles. The van der Waals surface area contributed by atoms with Crippen molar-refractivity contribution < 1.29 is 0 Å². The third-order valence-corrected chi connectivity index (χ3v) is 6.48. The van der Waals surface area contributed by atoms with Crippen LogP contribution in [0.15, 0.2) is 77.9 Å². The van der Waals surface area contributed by atoms with Gasteiger partial charge in [-0.15, -0.1) is 0 Å². The highest BCUT2D eigenvalue weighted by molar-refractivity contribution is 5.82. The van der Waals surface area contributed by atoms with Crippen LogP contribution in [0.1, 0.15) is 47.6 Å². The number of aromatic nitrogens is 5. The van der Waals surface area contributed by atoms with Crippen LogP contribution < -0.4 is 16.6 Å². The summed E-state index contributed by atoms with van der Waals surface area (Å²) < 4.78 is 1.69. The molecule has 0 spiro atoms. The van der Waals surface area contributed by atoms with Gasteiger partial charge in [-0.05, 0) is 67.8 Å².